The first kappa shape index (κ1) is 14.3. The van der Waals surface area contributed by atoms with E-state index < -0.39 is 5.54 Å². The summed E-state index contributed by atoms with van der Waals surface area (Å²) >= 11 is 0. The van der Waals surface area contributed by atoms with E-state index in [0.717, 1.165) is 5.56 Å². The second-order valence-electron chi connectivity index (χ2n) is 5.33. The molecule has 1 aliphatic heterocycles. The summed E-state index contributed by atoms with van der Waals surface area (Å²) in [5.41, 5.74) is 7.00. The van der Waals surface area contributed by atoms with Gasteiger partial charge in [-0.15, -0.1) is 0 Å². The summed E-state index contributed by atoms with van der Waals surface area (Å²) < 4.78 is 13.6. The van der Waals surface area contributed by atoms with E-state index in [-0.39, 0.29) is 11.7 Å². The average Bonchev–Trinajstić information content (AvgIpc) is 2.34. The topological polar surface area (TPSA) is 65.5 Å². The van der Waals surface area contributed by atoms with E-state index in [4.69, 9.17) is 0 Å². The van der Waals surface area contributed by atoms with Crippen molar-refractivity contribution in [3.63, 3.8) is 0 Å². The van der Waals surface area contributed by atoms with Crippen LogP contribution in [0.3, 0.4) is 0 Å². The molecule has 0 spiro atoms. The van der Waals surface area contributed by atoms with Crippen molar-refractivity contribution in [2.24, 2.45) is 4.99 Å². The molecular weight excluding hydrogens is 259 g/mol. The Labute approximate surface area is 117 Å². The molecule has 1 aromatic carbocycles. The highest BCUT2D eigenvalue weighted by Gasteiger charge is 2.31. The van der Waals surface area contributed by atoms with Crippen LogP contribution < -0.4 is 16.2 Å². The maximum Gasteiger partial charge on any atom is 0.235 e. The third kappa shape index (κ3) is 2.74. The lowest BCUT2D eigenvalue weighted by molar-refractivity contribution is -0.119. The van der Waals surface area contributed by atoms with Gasteiger partial charge in [-0.25, -0.2) is 9.38 Å². The van der Waals surface area contributed by atoms with Gasteiger partial charge in [0.2, 0.25) is 5.91 Å². The Morgan fingerprint density at radius 2 is 2.15 bits per heavy atom. The molecule has 6 heteroatoms. The molecule has 0 saturated heterocycles. The molecule has 0 radical (unpaired) electrons. The van der Waals surface area contributed by atoms with Gasteiger partial charge < -0.3 is 5.32 Å². The average molecular weight is 278 g/mol. The lowest BCUT2D eigenvalue weighted by Crippen LogP contribution is -2.54. The van der Waals surface area contributed by atoms with Crippen LogP contribution in [0.2, 0.25) is 0 Å². The molecule has 0 bridgehead atoms. The highest BCUT2D eigenvalue weighted by atomic mass is 19.1. The highest BCUT2D eigenvalue weighted by molar-refractivity contribution is 6.00. The van der Waals surface area contributed by atoms with Crippen LogP contribution in [-0.2, 0) is 11.2 Å². The molecule has 5 nitrogen and oxygen atoms in total. The van der Waals surface area contributed by atoms with Crippen LogP contribution >= 0.6 is 0 Å². The maximum absolute atomic E-state index is 13.6. The van der Waals surface area contributed by atoms with Crippen molar-refractivity contribution in [3.8, 4) is 0 Å². The zero-order valence-electron chi connectivity index (χ0n) is 12.1. The smallest absolute Gasteiger partial charge is 0.235 e. The Hall–Kier alpha value is -2.11. The number of hydrogen-bond acceptors (Lipinski definition) is 4. The Kier molecular flexibility index (Phi) is 3.65. The number of amidine groups is 1. The zero-order valence-corrected chi connectivity index (χ0v) is 12.1. The molecule has 0 atom stereocenters. The molecule has 1 heterocycles. The molecule has 0 aromatic heterocycles. The van der Waals surface area contributed by atoms with Crippen LogP contribution in [0, 0.1) is 5.82 Å². The minimum atomic E-state index is -0.533. The van der Waals surface area contributed by atoms with Crippen molar-refractivity contribution in [1.82, 2.24) is 10.9 Å². The number of fused-ring (bicyclic) bond motifs is 1. The first-order valence-electron chi connectivity index (χ1n) is 6.56. The number of nitrogens with zero attached hydrogens (tertiary/aromatic N) is 1. The van der Waals surface area contributed by atoms with Crippen LogP contribution in [0.25, 0.3) is 0 Å². The Bertz CT molecular complexity index is 581. The van der Waals surface area contributed by atoms with Gasteiger partial charge in [-0.05, 0) is 38.0 Å². The van der Waals surface area contributed by atoms with Crippen LogP contribution in [-0.4, -0.2) is 17.3 Å². The molecule has 0 unspecified atom stereocenters. The molecule has 1 amide bonds. The van der Waals surface area contributed by atoms with Crippen LogP contribution in [0.1, 0.15) is 33.3 Å². The van der Waals surface area contributed by atoms with Crippen molar-refractivity contribution in [2.75, 3.05) is 5.32 Å². The van der Waals surface area contributed by atoms with E-state index in [2.05, 4.69) is 21.2 Å². The fourth-order valence-corrected chi connectivity index (χ4v) is 2.13. The Morgan fingerprint density at radius 3 is 2.75 bits per heavy atom. The van der Waals surface area contributed by atoms with Gasteiger partial charge in [0.25, 0.3) is 0 Å². The minimum Gasteiger partial charge on any atom is -0.371 e. The monoisotopic (exact) mass is 278 g/mol. The van der Waals surface area contributed by atoms with Crippen LogP contribution in [0.4, 0.5) is 15.8 Å². The minimum absolute atomic E-state index is 0.205. The largest absolute Gasteiger partial charge is 0.371 e. The SMILES string of the molecule is CCc1cc(F)cc2c1N=C(NNC(C)=O)C(C)(C)N2. The molecule has 1 aliphatic rings. The van der Waals surface area contributed by atoms with Crippen molar-refractivity contribution >= 4 is 23.1 Å². The predicted octanol–water partition coefficient (Wildman–Crippen LogP) is 2.26. The number of amides is 1. The summed E-state index contributed by atoms with van der Waals surface area (Å²) in [6, 6.07) is 2.92. The van der Waals surface area contributed by atoms with Gasteiger partial charge >= 0.3 is 0 Å². The third-order valence-electron chi connectivity index (χ3n) is 3.15. The van der Waals surface area contributed by atoms with Crippen LogP contribution in [0.15, 0.2) is 17.1 Å². The lowest BCUT2D eigenvalue weighted by Gasteiger charge is -2.34. The predicted molar refractivity (Wildman–Crippen MR) is 77.5 cm³/mol. The van der Waals surface area contributed by atoms with E-state index in [1.807, 2.05) is 20.8 Å². The summed E-state index contributed by atoms with van der Waals surface area (Å²) in [6.07, 6.45) is 0.680. The zero-order chi connectivity index (χ0) is 14.9. The third-order valence-corrected chi connectivity index (χ3v) is 3.15. The number of rotatable bonds is 1. The molecule has 0 saturated carbocycles. The molecular formula is C14H19FN4O. The second-order valence-corrected chi connectivity index (χ2v) is 5.33. The summed E-state index contributed by atoms with van der Waals surface area (Å²) in [5, 5.41) is 3.24. The van der Waals surface area contributed by atoms with Gasteiger partial charge in [-0.3, -0.25) is 15.6 Å². The molecule has 0 aliphatic carbocycles. The van der Waals surface area contributed by atoms with E-state index in [1.54, 1.807) is 0 Å². The molecule has 0 fully saturated rings. The van der Waals surface area contributed by atoms with Gasteiger partial charge in [-0.2, -0.15) is 0 Å². The number of halogens is 1. The van der Waals surface area contributed by atoms with Gasteiger partial charge in [0, 0.05) is 6.92 Å². The number of carbonyl (C=O) groups is 1. The number of aryl methyl sites for hydroxylation is 1. The molecule has 108 valence electrons. The van der Waals surface area contributed by atoms with Crippen molar-refractivity contribution in [1.29, 1.82) is 0 Å². The summed E-state index contributed by atoms with van der Waals surface area (Å²) in [6.45, 7) is 7.17. The number of anilines is 1. The van der Waals surface area contributed by atoms with Crippen molar-refractivity contribution in [3.05, 3.63) is 23.5 Å². The molecule has 2 rings (SSSR count). The van der Waals surface area contributed by atoms with Gasteiger partial charge in [0.05, 0.1) is 16.9 Å². The fourth-order valence-electron chi connectivity index (χ4n) is 2.13. The fraction of sp³-hybridized carbons (Fsp3) is 0.429. The Balaban J connectivity index is 2.45. The van der Waals surface area contributed by atoms with E-state index in [9.17, 15) is 9.18 Å². The van der Waals surface area contributed by atoms with Gasteiger partial charge in [-0.1, -0.05) is 6.92 Å². The van der Waals surface area contributed by atoms with Gasteiger partial charge in [0.15, 0.2) is 0 Å². The van der Waals surface area contributed by atoms with E-state index in [0.29, 0.717) is 23.6 Å². The van der Waals surface area contributed by atoms with E-state index in [1.165, 1.54) is 19.1 Å². The van der Waals surface area contributed by atoms with Crippen molar-refractivity contribution in [2.45, 2.75) is 39.7 Å². The van der Waals surface area contributed by atoms with E-state index >= 15 is 0 Å². The second kappa shape index (κ2) is 5.11. The summed E-state index contributed by atoms with van der Waals surface area (Å²) in [4.78, 5) is 15.6. The molecule has 20 heavy (non-hydrogen) atoms. The number of aliphatic imine (C=N–C) groups is 1. The standard InChI is InChI=1S/C14H19FN4O/c1-5-9-6-10(15)7-11-12(9)16-13(14(3,4)17-11)19-18-8(2)20/h6-7,17H,5H2,1-4H3,(H,16,19)(H,18,20). The number of hydrazine groups is 1. The maximum atomic E-state index is 13.6. The quantitative estimate of drug-likeness (QED) is 0.690. The first-order valence-corrected chi connectivity index (χ1v) is 6.56. The number of benzene rings is 1. The normalized spacial score (nSPS) is 15.8. The van der Waals surface area contributed by atoms with Crippen molar-refractivity contribution < 1.29 is 9.18 Å². The molecule has 3 N–H and O–H groups in total. The molecule has 1 aromatic rings. The summed E-state index contributed by atoms with van der Waals surface area (Å²) in [5.74, 6) is 0.1000. The number of carbonyl (C=O) groups excluding carboxylic acids is 1. The number of nitrogens with one attached hydrogen (secondary N) is 3. The number of hydrogen-bond donors (Lipinski definition) is 3. The van der Waals surface area contributed by atoms with Gasteiger partial charge in [0.1, 0.15) is 11.7 Å². The van der Waals surface area contributed by atoms with Crippen LogP contribution in [0.5, 0.6) is 0 Å². The first-order chi connectivity index (χ1) is 9.33. The lowest BCUT2D eigenvalue weighted by atomic mass is 9.98. The summed E-state index contributed by atoms with van der Waals surface area (Å²) in [7, 11) is 0. The highest BCUT2D eigenvalue weighted by Crippen LogP contribution is 2.37. The Morgan fingerprint density at radius 1 is 1.45 bits per heavy atom.